The van der Waals surface area contributed by atoms with Gasteiger partial charge in [-0.15, -0.1) is 0 Å². The highest BCUT2D eigenvalue weighted by atomic mass is 28.3. The average Bonchev–Trinajstić information content (AvgIpc) is 3.32. The molecule has 1 nitrogen and oxygen atoms in total. The summed E-state index contributed by atoms with van der Waals surface area (Å²) in [5, 5.41) is 0.737. The average molecular weight is 309 g/mol. The van der Waals surface area contributed by atoms with Gasteiger partial charge < -0.3 is 4.74 Å². The molecule has 5 unspecified atom stereocenters. The zero-order valence-electron chi connectivity index (χ0n) is 14.8. The van der Waals surface area contributed by atoms with Crippen LogP contribution in [0.15, 0.2) is 0 Å². The summed E-state index contributed by atoms with van der Waals surface area (Å²) in [6.07, 6.45) is 11.5. The van der Waals surface area contributed by atoms with Gasteiger partial charge in [0.2, 0.25) is 0 Å². The maximum atomic E-state index is 5.91. The molecule has 0 bridgehead atoms. The molecule has 2 heterocycles. The van der Waals surface area contributed by atoms with Crippen LogP contribution >= 0.6 is 0 Å². The molecule has 2 aliphatic heterocycles. The predicted molar refractivity (Wildman–Crippen MR) is 93.5 cm³/mol. The van der Waals surface area contributed by atoms with Crippen molar-refractivity contribution in [2.45, 2.75) is 108 Å². The summed E-state index contributed by atoms with van der Waals surface area (Å²) in [6, 6.07) is 4.67. The van der Waals surface area contributed by atoms with Gasteiger partial charge >= 0.3 is 0 Å². The van der Waals surface area contributed by atoms with Crippen LogP contribution in [0.25, 0.3) is 0 Å². The van der Waals surface area contributed by atoms with Crippen molar-refractivity contribution in [3.8, 4) is 0 Å². The first-order chi connectivity index (χ1) is 10.2. The third kappa shape index (κ3) is 2.27. The van der Waals surface area contributed by atoms with Gasteiger partial charge in [-0.1, -0.05) is 71.5 Å². The highest BCUT2D eigenvalue weighted by molar-refractivity contribution is 6.83. The molecule has 1 aliphatic carbocycles. The molecule has 0 radical (unpaired) electrons. The lowest BCUT2D eigenvalue weighted by molar-refractivity contribution is 0.161. The first kappa shape index (κ1) is 16.0. The monoisotopic (exact) mass is 308 g/mol. The molecular weight excluding hydrogens is 272 g/mol. The zero-order valence-corrected chi connectivity index (χ0v) is 15.8. The van der Waals surface area contributed by atoms with E-state index >= 15 is 0 Å². The normalized spacial score (nSPS) is 45.1. The zero-order chi connectivity index (χ0) is 15.1. The predicted octanol–water partition coefficient (Wildman–Crippen LogP) is 6.01. The fourth-order valence-corrected chi connectivity index (χ4v) is 14.0. The number of ether oxygens (including phenoxy) is 1. The Balaban J connectivity index is 1.98. The maximum Gasteiger partial charge on any atom is 0.0844 e. The lowest BCUT2D eigenvalue weighted by Crippen LogP contribution is -2.57. The maximum absolute atomic E-state index is 5.91. The Morgan fingerprint density at radius 3 is 2.33 bits per heavy atom. The summed E-state index contributed by atoms with van der Waals surface area (Å²) in [7, 11) is -1.15. The molecule has 122 valence electrons. The van der Waals surface area contributed by atoms with Gasteiger partial charge in [-0.25, -0.2) is 0 Å². The van der Waals surface area contributed by atoms with Gasteiger partial charge in [0, 0.05) is 0 Å². The molecule has 5 atom stereocenters. The van der Waals surface area contributed by atoms with Gasteiger partial charge in [-0.2, -0.15) is 0 Å². The third-order valence-electron chi connectivity index (χ3n) is 8.09. The van der Waals surface area contributed by atoms with Gasteiger partial charge in [0.05, 0.1) is 20.3 Å². The quantitative estimate of drug-likeness (QED) is 0.447. The van der Waals surface area contributed by atoms with E-state index in [1.807, 2.05) is 0 Å². The van der Waals surface area contributed by atoms with E-state index in [1.54, 1.807) is 6.04 Å². The van der Waals surface area contributed by atoms with Crippen LogP contribution in [0.2, 0.25) is 23.2 Å². The molecule has 0 spiro atoms. The van der Waals surface area contributed by atoms with Crippen LogP contribution < -0.4 is 0 Å². The molecule has 0 amide bonds. The smallest absolute Gasteiger partial charge is 0.0844 e. The molecule has 3 fully saturated rings. The topological polar surface area (TPSA) is 12.5 Å². The number of hydrogen-bond donors (Lipinski definition) is 0. The van der Waals surface area contributed by atoms with Crippen LogP contribution in [0, 0.1) is 11.8 Å². The lowest BCUT2D eigenvalue weighted by Gasteiger charge is -2.61. The second-order valence-electron chi connectivity index (χ2n) is 8.10. The van der Waals surface area contributed by atoms with Crippen LogP contribution in [0.4, 0.5) is 0 Å². The Labute approximate surface area is 133 Å². The molecule has 0 N–H and O–H groups in total. The number of fused-ring (bicyclic) bond motifs is 1. The van der Waals surface area contributed by atoms with Crippen LogP contribution in [0.5, 0.6) is 0 Å². The number of epoxide rings is 1. The van der Waals surface area contributed by atoms with Crippen LogP contribution in [-0.2, 0) is 4.74 Å². The van der Waals surface area contributed by atoms with Crippen molar-refractivity contribution in [1.29, 1.82) is 0 Å². The first-order valence-electron chi connectivity index (χ1n) is 9.82. The lowest BCUT2D eigenvalue weighted by atomic mass is 9.69. The van der Waals surface area contributed by atoms with Crippen molar-refractivity contribution in [3.63, 3.8) is 0 Å². The van der Waals surface area contributed by atoms with Crippen molar-refractivity contribution in [3.05, 3.63) is 0 Å². The van der Waals surface area contributed by atoms with Crippen molar-refractivity contribution in [2.75, 3.05) is 0 Å². The van der Waals surface area contributed by atoms with E-state index < -0.39 is 8.07 Å². The first-order valence-corrected chi connectivity index (χ1v) is 12.4. The van der Waals surface area contributed by atoms with Crippen LogP contribution in [0.1, 0.15) is 72.6 Å². The Bertz CT molecular complexity index is 365. The second-order valence-corrected chi connectivity index (χ2v) is 13.5. The summed E-state index contributed by atoms with van der Waals surface area (Å²) in [5.74, 6) is 2.01. The minimum absolute atomic E-state index is 0.659. The minimum atomic E-state index is -1.15. The molecule has 2 heteroatoms. The van der Waals surface area contributed by atoms with Crippen LogP contribution in [-0.4, -0.2) is 20.3 Å². The van der Waals surface area contributed by atoms with Crippen LogP contribution in [0.3, 0.4) is 0 Å². The Morgan fingerprint density at radius 1 is 1.00 bits per heavy atom. The molecule has 1 saturated carbocycles. The van der Waals surface area contributed by atoms with Crippen molar-refractivity contribution in [1.82, 2.24) is 0 Å². The molecule has 0 aromatic rings. The van der Waals surface area contributed by atoms with Crippen molar-refractivity contribution < 1.29 is 4.74 Å². The van der Waals surface area contributed by atoms with Crippen molar-refractivity contribution in [2.24, 2.45) is 11.8 Å². The van der Waals surface area contributed by atoms with E-state index in [2.05, 4.69) is 27.7 Å². The van der Waals surface area contributed by atoms with E-state index in [9.17, 15) is 0 Å². The van der Waals surface area contributed by atoms with E-state index in [0.29, 0.717) is 12.2 Å². The second kappa shape index (κ2) is 6.00. The summed E-state index contributed by atoms with van der Waals surface area (Å²) in [6.45, 7) is 10.1. The van der Waals surface area contributed by atoms with Gasteiger partial charge in [0.1, 0.15) is 0 Å². The SMILES string of the molecule is CCC1CCC[Si](CC)(CC)C1(CC)C1CCC2OC2C1. The van der Waals surface area contributed by atoms with E-state index in [0.717, 1.165) is 16.9 Å². The fraction of sp³-hybridized carbons (Fsp3) is 1.00. The van der Waals surface area contributed by atoms with Crippen molar-refractivity contribution >= 4 is 8.07 Å². The Morgan fingerprint density at radius 2 is 1.76 bits per heavy atom. The van der Waals surface area contributed by atoms with Gasteiger partial charge in [0.15, 0.2) is 0 Å². The molecule has 0 aromatic heterocycles. The summed E-state index contributed by atoms with van der Waals surface area (Å²) in [4.78, 5) is 0. The minimum Gasteiger partial charge on any atom is -0.370 e. The Kier molecular flexibility index (Phi) is 4.58. The van der Waals surface area contributed by atoms with Gasteiger partial charge in [0.25, 0.3) is 0 Å². The highest BCUT2D eigenvalue weighted by Gasteiger charge is 2.61. The molecule has 2 saturated heterocycles. The molecule has 3 rings (SSSR count). The number of rotatable bonds is 5. The summed E-state index contributed by atoms with van der Waals surface area (Å²) < 4.78 is 5.91. The standard InChI is InChI=1S/C19H36OSi/c1-5-15-10-9-13-21(7-3,8-4)19(15,6-2)16-11-12-17-18(14-16)20-17/h15-18H,5-14H2,1-4H3. The Hall–Kier alpha value is 0.177. The highest BCUT2D eigenvalue weighted by Crippen LogP contribution is 2.67. The number of hydrogen-bond acceptors (Lipinski definition) is 1. The van der Waals surface area contributed by atoms with E-state index in [4.69, 9.17) is 4.74 Å². The van der Waals surface area contributed by atoms with E-state index in [1.165, 1.54) is 57.0 Å². The molecule has 3 aliphatic rings. The van der Waals surface area contributed by atoms with Gasteiger partial charge in [-0.05, 0) is 36.1 Å². The van der Waals surface area contributed by atoms with E-state index in [-0.39, 0.29) is 0 Å². The molecule has 21 heavy (non-hydrogen) atoms. The third-order valence-corrected chi connectivity index (χ3v) is 15.3. The fourth-order valence-electron chi connectivity index (χ4n) is 7.03. The van der Waals surface area contributed by atoms with Gasteiger partial charge in [-0.3, -0.25) is 0 Å². The largest absolute Gasteiger partial charge is 0.370 e. The summed E-state index contributed by atoms with van der Waals surface area (Å²) >= 11 is 0. The molecule has 0 aromatic carbocycles. The summed E-state index contributed by atoms with van der Waals surface area (Å²) in [5.41, 5.74) is 0. The molecular formula is C19H36OSi.